The zero-order valence-electron chi connectivity index (χ0n) is 17.9. The maximum absolute atomic E-state index is 12.2. The molecule has 1 amide bonds. The molecule has 1 aromatic heterocycles. The maximum atomic E-state index is 12.2. The first-order chi connectivity index (χ1) is 14.9. The number of hydrogen-bond donors (Lipinski definition) is 2. The van der Waals surface area contributed by atoms with Crippen LogP contribution in [0.15, 0.2) is 47.3 Å². The molecule has 2 heterocycles. The highest BCUT2D eigenvalue weighted by atomic mass is 16.5. The highest BCUT2D eigenvalue weighted by Crippen LogP contribution is 2.56. The van der Waals surface area contributed by atoms with Crippen molar-refractivity contribution in [1.82, 2.24) is 9.88 Å². The van der Waals surface area contributed by atoms with Crippen LogP contribution in [0, 0.1) is 6.92 Å². The molecule has 1 aliphatic heterocycles. The SMILES string of the molecule is Cc1c(C(N)=O)cc(OCC2CCN2C)cc1C1(c2cccc3[nH]c(=O)ccc23)CC1. The van der Waals surface area contributed by atoms with Gasteiger partial charge in [0.1, 0.15) is 12.4 Å². The normalized spacial score (nSPS) is 19.7. The lowest BCUT2D eigenvalue weighted by molar-refractivity contribution is 0.0767. The molecule has 31 heavy (non-hydrogen) atoms. The van der Waals surface area contributed by atoms with Crippen LogP contribution >= 0.6 is 0 Å². The molecule has 5 rings (SSSR count). The highest BCUT2D eigenvalue weighted by Gasteiger charge is 2.48. The highest BCUT2D eigenvalue weighted by molar-refractivity contribution is 5.95. The van der Waals surface area contributed by atoms with Gasteiger partial charge in [-0.05, 0) is 80.7 Å². The van der Waals surface area contributed by atoms with Gasteiger partial charge in [-0.15, -0.1) is 0 Å². The summed E-state index contributed by atoms with van der Waals surface area (Å²) in [4.78, 5) is 29.2. The second-order valence-electron chi connectivity index (χ2n) is 8.91. The lowest BCUT2D eigenvalue weighted by Gasteiger charge is -2.37. The Bertz CT molecular complexity index is 1240. The van der Waals surface area contributed by atoms with Gasteiger partial charge in [0.2, 0.25) is 11.5 Å². The van der Waals surface area contributed by atoms with Crippen molar-refractivity contribution in [2.24, 2.45) is 5.73 Å². The number of primary amides is 1. The topological polar surface area (TPSA) is 88.4 Å². The molecule has 0 radical (unpaired) electrons. The predicted octanol–water partition coefficient (Wildman–Crippen LogP) is 3.10. The summed E-state index contributed by atoms with van der Waals surface area (Å²) < 4.78 is 6.13. The largest absolute Gasteiger partial charge is 0.492 e. The number of nitrogens with one attached hydrogen (secondary N) is 1. The zero-order chi connectivity index (χ0) is 21.8. The number of carbonyl (C=O) groups is 1. The van der Waals surface area contributed by atoms with Gasteiger partial charge in [-0.3, -0.25) is 14.5 Å². The van der Waals surface area contributed by atoms with Crippen LogP contribution in [0.2, 0.25) is 0 Å². The molecule has 1 unspecified atom stereocenters. The van der Waals surface area contributed by atoms with Gasteiger partial charge in [0.15, 0.2) is 0 Å². The van der Waals surface area contributed by atoms with Gasteiger partial charge in [0.05, 0.1) is 0 Å². The van der Waals surface area contributed by atoms with Gasteiger partial charge >= 0.3 is 0 Å². The van der Waals surface area contributed by atoms with E-state index in [1.807, 2.05) is 25.1 Å². The number of likely N-dealkylation sites (tertiary alicyclic amines) is 1. The van der Waals surface area contributed by atoms with Crippen molar-refractivity contribution in [1.29, 1.82) is 0 Å². The van der Waals surface area contributed by atoms with E-state index in [1.54, 1.807) is 12.1 Å². The van der Waals surface area contributed by atoms with Gasteiger partial charge in [-0.2, -0.15) is 0 Å². The van der Waals surface area contributed by atoms with Gasteiger partial charge in [-0.25, -0.2) is 0 Å². The van der Waals surface area contributed by atoms with Crippen LogP contribution in [-0.4, -0.2) is 42.0 Å². The average Bonchev–Trinajstić information content (AvgIpc) is 3.54. The quantitative estimate of drug-likeness (QED) is 0.645. The number of rotatable bonds is 6. The summed E-state index contributed by atoms with van der Waals surface area (Å²) in [5, 5.41) is 1.03. The van der Waals surface area contributed by atoms with Crippen molar-refractivity contribution in [3.63, 3.8) is 0 Å². The average molecular weight is 418 g/mol. The monoisotopic (exact) mass is 417 g/mol. The summed E-state index contributed by atoms with van der Waals surface area (Å²) in [6, 6.07) is 13.7. The van der Waals surface area contributed by atoms with E-state index in [4.69, 9.17) is 10.5 Å². The third kappa shape index (κ3) is 3.31. The van der Waals surface area contributed by atoms with Crippen LogP contribution in [0.3, 0.4) is 0 Å². The second-order valence-corrected chi connectivity index (χ2v) is 8.91. The van der Waals surface area contributed by atoms with Crippen LogP contribution in [0.4, 0.5) is 0 Å². The Hall–Kier alpha value is -3.12. The Kier molecular flexibility index (Phi) is 4.63. The maximum Gasteiger partial charge on any atom is 0.249 e. The van der Waals surface area contributed by atoms with E-state index in [9.17, 15) is 9.59 Å². The van der Waals surface area contributed by atoms with Gasteiger partial charge < -0.3 is 15.5 Å². The van der Waals surface area contributed by atoms with Gasteiger partial charge in [-0.1, -0.05) is 12.1 Å². The van der Waals surface area contributed by atoms with Crippen molar-refractivity contribution in [3.05, 3.63) is 75.1 Å². The fourth-order valence-corrected chi connectivity index (χ4v) is 4.91. The number of benzene rings is 2. The molecule has 1 aliphatic carbocycles. The lowest BCUT2D eigenvalue weighted by Crippen LogP contribution is -2.48. The van der Waals surface area contributed by atoms with Crippen molar-refractivity contribution >= 4 is 16.8 Å². The van der Waals surface area contributed by atoms with E-state index in [0.29, 0.717) is 24.0 Å². The van der Waals surface area contributed by atoms with Crippen LogP contribution in [0.5, 0.6) is 5.75 Å². The number of carbonyl (C=O) groups excluding carboxylic acids is 1. The van der Waals surface area contributed by atoms with Crippen molar-refractivity contribution in [2.75, 3.05) is 20.2 Å². The number of amides is 1. The van der Waals surface area contributed by atoms with E-state index in [-0.39, 0.29) is 11.0 Å². The molecule has 3 N–H and O–H groups in total. The molecule has 2 aromatic carbocycles. The number of ether oxygens (including phenoxy) is 1. The first-order valence-corrected chi connectivity index (χ1v) is 10.8. The minimum atomic E-state index is -0.442. The number of nitrogens with two attached hydrogens (primary N) is 1. The van der Waals surface area contributed by atoms with Crippen LogP contribution in [-0.2, 0) is 5.41 Å². The first kappa shape index (κ1) is 19.8. The number of nitrogens with zero attached hydrogens (tertiary/aromatic N) is 1. The summed E-state index contributed by atoms with van der Waals surface area (Å²) in [6.07, 6.45) is 3.06. The minimum absolute atomic E-state index is 0.113. The Labute approximate surface area is 181 Å². The third-order valence-electron chi connectivity index (χ3n) is 7.07. The zero-order valence-corrected chi connectivity index (χ0v) is 17.9. The number of likely N-dealkylation sites (N-methyl/N-ethyl adjacent to an activating group) is 1. The second kappa shape index (κ2) is 7.24. The molecule has 1 saturated heterocycles. The smallest absolute Gasteiger partial charge is 0.249 e. The predicted molar refractivity (Wildman–Crippen MR) is 121 cm³/mol. The summed E-state index contributed by atoms with van der Waals surface area (Å²) in [6.45, 7) is 3.65. The van der Waals surface area contributed by atoms with Crippen LogP contribution < -0.4 is 16.0 Å². The summed E-state index contributed by atoms with van der Waals surface area (Å²) in [5.74, 6) is 0.248. The molecule has 3 aromatic rings. The number of H-pyrrole nitrogens is 1. The molecule has 2 aliphatic rings. The van der Waals surface area contributed by atoms with Crippen molar-refractivity contribution < 1.29 is 9.53 Å². The molecule has 2 fully saturated rings. The Balaban J connectivity index is 1.60. The fraction of sp³-hybridized carbons (Fsp3) is 0.360. The molecule has 1 atom stereocenters. The minimum Gasteiger partial charge on any atom is -0.492 e. The molecule has 6 heteroatoms. The molecule has 0 spiro atoms. The van der Waals surface area contributed by atoms with Crippen LogP contribution in [0.25, 0.3) is 10.9 Å². The summed E-state index contributed by atoms with van der Waals surface area (Å²) >= 11 is 0. The van der Waals surface area contributed by atoms with Gasteiger partial charge in [0, 0.05) is 34.0 Å². The van der Waals surface area contributed by atoms with E-state index in [2.05, 4.69) is 29.1 Å². The molecule has 0 bridgehead atoms. The standard InChI is InChI=1S/C25H27N3O3/c1-15-19(24(26)30)12-17(31-14-16-8-11-28(16)2)13-21(15)25(9-10-25)20-4-3-5-22-18(20)6-7-23(29)27-22/h3-7,12-13,16H,8-11,14H2,1-2H3,(H2,26,30)(H,27,29). The molecular formula is C25H27N3O3. The number of aromatic amines is 1. The van der Waals surface area contributed by atoms with E-state index < -0.39 is 5.91 Å². The fourth-order valence-electron chi connectivity index (χ4n) is 4.91. The van der Waals surface area contributed by atoms with Crippen molar-refractivity contribution in [2.45, 2.75) is 37.6 Å². The molecule has 1 saturated carbocycles. The Morgan fingerprint density at radius 1 is 1.23 bits per heavy atom. The first-order valence-electron chi connectivity index (χ1n) is 10.8. The molecule has 160 valence electrons. The number of fused-ring (bicyclic) bond motifs is 1. The van der Waals surface area contributed by atoms with E-state index in [0.717, 1.165) is 53.4 Å². The van der Waals surface area contributed by atoms with Crippen LogP contribution in [0.1, 0.15) is 46.3 Å². The van der Waals surface area contributed by atoms with E-state index in [1.165, 1.54) is 0 Å². The number of aromatic nitrogens is 1. The number of hydrogen-bond acceptors (Lipinski definition) is 4. The Morgan fingerprint density at radius 2 is 2.03 bits per heavy atom. The summed E-state index contributed by atoms with van der Waals surface area (Å²) in [5.41, 5.74) is 9.89. The van der Waals surface area contributed by atoms with Gasteiger partial charge in [0.25, 0.3) is 0 Å². The number of pyridine rings is 1. The molecule has 6 nitrogen and oxygen atoms in total. The van der Waals surface area contributed by atoms with E-state index >= 15 is 0 Å². The van der Waals surface area contributed by atoms with Crippen molar-refractivity contribution in [3.8, 4) is 5.75 Å². The summed E-state index contributed by atoms with van der Waals surface area (Å²) in [7, 11) is 2.09. The Morgan fingerprint density at radius 3 is 2.68 bits per heavy atom. The lowest BCUT2D eigenvalue weighted by atomic mass is 9.82. The third-order valence-corrected chi connectivity index (χ3v) is 7.07. The molecular weight excluding hydrogens is 390 g/mol.